The summed E-state index contributed by atoms with van der Waals surface area (Å²) in [4.78, 5) is 17.7. The lowest BCUT2D eigenvalue weighted by atomic mass is 10.1. The first-order valence-electron chi connectivity index (χ1n) is 10.1. The molecular weight excluding hydrogens is 384 g/mol. The Morgan fingerprint density at radius 1 is 1.07 bits per heavy atom. The van der Waals surface area contributed by atoms with E-state index in [1.807, 2.05) is 0 Å². The van der Waals surface area contributed by atoms with Crippen LogP contribution in [0.3, 0.4) is 0 Å². The van der Waals surface area contributed by atoms with Crippen molar-refractivity contribution in [3.63, 3.8) is 0 Å². The summed E-state index contributed by atoms with van der Waals surface area (Å²) in [5.74, 6) is 1.33. The maximum Gasteiger partial charge on any atom is 0.235 e. The highest BCUT2D eigenvalue weighted by molar-refractivity contribution is 5.83. The zero-order valence-electron chi connectivity index (χ0n) is 17.3. The molecule has 0 amide bonds. The van der Waals surface area contributed by atoms with Gasteiger partial charge in [0.2, 0.25) is 11.2 Å². The van der Waals surface area contributed by atoms with Crippen LogP contribution in [-0.2, 0) is 6.54 Å². The first-order chi connectivity index (χ1) is 14.6. The second kappa shape index (κ2) is 8.77. The molecule has 2 heterocycles. The molecule has 3 aromatic rings. The lowest BCUT2D eigenvalue weighted by molar-refractivity contribution is 0.131. The minimum absolute atomic E-state index is 0.0870. The highest BCUT2D eigenvalue weighted by atomic mass is 16.5. The third-order valence-electron chi connectivity index (χ3n) is 5.55. The zero-order valence-corrected chi connectivity index (χ0v) is 17.3. The zero-order chi connectivity index (χ0) is 21.1. The highest BCUT2D eigenvalue weighted by Crippen LogP contribution is 2.30. The molecule has 0 bridgehead atoms. The van der Waals surface area contributed by atoms with Crippen molar-refractivity contribution in [3.05, 3.63) is 58.4 Å². The second-order valence-electron chi connectivity index (χ2n) is 7.36. The van der Waals surface area contributed by atoms with Crippen LogP contribution < -0.4 is 14.9 Å². The van der Waals surface area contributed by atoms with E-state index >= 15 is 0 Å². The molecular formula is C23H26N2O5. The van der Waals surface area contributed by atoms with E-state index in [-0.39, 0.29) is 16.9 Å². The molecule has 4 rings (SSSR count). The van der Waals surface area contributed by atoms with Gasteiger partial charge in [-0.05, 0) is 30.8 Å². The number of piperazine rings is 1. The van der Waals surface area contributed by atoms with Crippen LogP contribution in [0, 0.1) is 0 Å². The molecule has 7 heteroatoms. The first-order valence-corrected chi connectivity index (χ1v) is 10.1. The summed E-state index contributed by atoms with van der Waals surface area (Å²) in [6.07, 6.45) is 1.31. The molecule has 1 aromatic heterocycles. The van der Waals surface area contributed by atoms with Gasteiger partial charge < -0.3 is 23.9 Å². The molecule has 2 aromatic carbocycles. The van der Waals surface area contributed by atoms with E-state index in [9.17, 15) is 9.90 Å². The van der Waals surface area contributed by atoms with Gasteiger partial charge in [0, 0.05) is 38.8 Å². The second-order valence-corrected chi connectivity index (χ2v) is 7.36. The molecule has 0 atom stereocenters. The van der Waals surface area contributed by atoms with E-state index in [1.54, 1.807) is 43.5 Å². The Balaban J connectivity index is 1.62. The van der Waals surface area contributed by atoms with Gasteiger partial charge in [-0.1, -0.05) is 13.0 Å². The van der Waals surface area contributed by atoms with E-state index in [0.29, 0.717) is 34.6 Å². The lowest BCUT2D eigenvalue weighted by Crippen LogP contribution is -2.45. The van der Waals surface area contributed by atoms with Crippen LogP contribution in [0.5, 0.6) is 23.0 Å². The van der Waals surface area contributed by atoms with Crippen molar-refractivity contribution in [2.75, 3.05) is 39.8 Å². The third kappa shape index (κ3) is 4.13. The lowest BCUT2D eigenvalue weighted by Gasteiger charge is -2.34. The van der Waals surface area contributed by atoms with Gasteiger partial charge in [0.05, 0.1) is 18.1 Å². The number of methoxy groups -OCH3 is 1. The molecule has 1 N–H and O–H groups in total. The Bertz CT molecular complexity index is 1090. The fourth-order valence-corrected chi connectivity index (χ4v) is 3.73. The van der Waals surface area contributed by atoms with Crippen molar-refractivity contribution in [1.29, 1.82) is 0 Å². The fraction of sp³-hybridized carbons (Fsp3) is 0.348. The van der Waals surface area contributed by atoms with Gasteiger partial charge in [0.25, 0.3) is 0 Å². The number of nitrogens with zero attached hydrogens (tertiary/aromatic N) is 2. The Kier molecular flexibility index (Phi) is 5.92. The van der Waals surface area contributed by atoms with E-state index in [2.05, 4.69) is 16.7 Å². The van der Waals surface area contributed by atoms with Gasteiger partial charge in [-0.3, -0.25) is 9.69 Å². The van der Waals surface area contributed by atoms with Crippen LogP contribution in [0.4, 0.5) is 0 Å². The molecule has 0 spiro atoms. The van der Waals surface area contributed by atoms with Gasteiger partial charge in [-0.15, -0.1) is 0 Å². The standard InChI is InChI=1S/C23H26N2O5/c1-3-24-9-11-25(12-10-24)14-19-20(26)8-7-18-22(27)21(15-29-23(18)19)30-17-6-4-5-16(13-17)28-2/h4-8,13,15,26H,3,9-12,14H2,1-2H3. The molecule has 1 fully saturated rings. The molecule has 1 aliphatic rings. The van der Waals surface area contributed by atoms with Crippen LogP contribution in [0.1, 0.15) is 12.5 Å². The fourth-order valence-electron chi connectivity index (χ4n) is 3.73. The van der Waals surface area contributed by atoms with Gasteiger partial charge in [-0.2, -0.15) is 0 Å². The largest absolute Gasteiger partial charge is 0.507 e. The average molecular weight is 410 g/mol. The number of phenols is 1. The first kappa shape index (κ1) is 20.3. The van der Waals surface area contributed by atoms with Crippen LogP contribution in [0.15, 0.2) is 51.9 Å². The van der Waals surface area contributed by atoms with Gasteiger partial charge in [0.1, 0.15) is 29.1 Å². The Morgan fingerprint density at radius 3 is 2.53 bits per heavy atom. The van der Waals surface area contributed by atoms with Crippen molar-refractivity contribution < 1.29 is 19.0 Å². The predicted octanol–water partition coefficient (Wildman–Crippen LogP) is 3.44. The number of hydrogen-bond donors (Lipinski definition) is 1. The summed E-state index contributed by atoms with van der Waals surface area (Å²) in [5, 5.41) is 10.8. The van der Waals surface area contributed by atoms with Gasteiger partial charge in [-0.25, -0.2) is 0 Å². The number of hydrogen-bond acceptors (Lipinski definition) is 7. The maximum atomic E-state index is 13.0. The van der Waals surface area contributed by atoms with E-state index < -0.39 is 0 Å². The Hall–Kier alpha value is -3.03. The van der Waals surface area contributed by atoms with Crippen LogP contribution in [0.25, 0.3) is 11.0 Å². The number of likely N-dealkylation sites (N-methyl/N-ethyl adjacent to an activating group) is 1. The van der Waals surface area contributed by atoms with Crippen molar-refractivity contribution in [3.8, 4) is 23.0 Å². The number of fused-ring (bicyclic) bond motifs is 1. The average Bonchev–Trinajstić information content (AvgIpc) is 2.78. The van der Waals surface area contributed by atoms with Gasteiger partial charge in [0.15, 0.2) is 0 Å². The number of rotatable bonds is 6. The molecule has 0 aliphatic carbocycles. The maximum absolute atomic E-state index is 13.0. The molecule has 0 unspecified atom stereocenters. The predicted molar refractivity (Wildman–Crippen MR) is 115 cm³/mol. The Morgan fingerprint density at radius 2 is 1.80 bits per heavy atom. The molecule has 0 radical (unpaired) electrons. The summed E-state index contributed by atoms with van der Waals surface area (Å²) >= 11 is 0. The molecule has 7 nitrogen and oxygen atoms in total. The van der Waals surface area contributed by atoms with Crippen LogP contribution in [0.2, 0.25) is 0 Å². The molecule has 30 heavy (non-hydrogen) atoms. The van der Waals surface area contributed by atoms with Crippen molar-refractivity contribution in [2.24, 2.45) is 0 Å². The summed E-state index contributed by atoms with van der Waals surface area (Å²) in [6.45, 7) is 7.52. The highest BCUT2D eigenvalue weighted by Gasteiger charge is 2.20. The van der Waals surface area contributed by atoms with E-state index in [1.165, 1.54) is 6.26 Å². The van der Waals surface area contributed by atoms with Crippen LogP contribution >= 0.6 is 0 Å². The quantitative estimate of drug-likeness (QED) is 0.667. The van der Waals surface area contributed by atoms with E-state index in [4.69, 9.17) is 13.9 Å². The van der Waals surface area contributed by atoms with E-state index in [0.717, 1.165) is 32.7 Å². The molecule has 158 valence electrons. The Labute approximate surface area is 175 Å². The normalized spacial score (nSPS) is 15.4. The molecule has 0 saturated carbocycles. The number of benzene rings is 2. The topological polar surface area (TPSA) is 75.4 Å². The molecule has 1 saturated heterocycles. The van der Waals surface area contributed by atoms with Crippen molar-refractivity contribution >= 4 is 11.0 Å². The number of ether oxygens (including phenoxy) is 2. The monoisotopic (exact) mass is 410 g/mol. The number of aromatic hydroxyl groups is 1. The molecule has 1 aliphatic heterocycles. The minimum Gasteiger partial charge on any atom is -0.507 e. The SMILES string of the molecule is CCN1CCN(Cc2c(O)ccc3c(=O)c(Oc4cccc(OC)c4)coc23)CC1. The third-order valence-corrected chi connectivity index (χ3v) is 5.55. The number of phenolic OH excluding ortho intramolecular Hbond substituents is 1. The smallest absolute Gasteiger partial charge is 0.235 e. The van der Waals surface area contributed by atoms with Crippen LogP contribution in [-0.4, -0.2) is 54.7 Å². The van der Waals surface area contributed by atoms with Crippen molar-refractivity contribution in [2.45, 2.75) is 13.5 Å². The summed E-state index contributed by atoms with van der Waals surface area (Å²) in [7, 11) is 1.57. The summed E-state index contributed by atoms with van der Waals surface area (Å²) in [6, 6.07) is 10.1. The minimum atomic E-state index is -0.281. The van der Waals surface area contributed by atoms with Crippen molar-refractivity contribution in [1.82, 2.24) is 9.80 Å². The van der Waals surface area contributed by atoms with Gasteiger partial charge >= 0.3 is 0 Å². The summed E-state index contributed by atoms with van der Waals surface area (Å²) in [5.41, 5.74) is 0.745. The summed E-state index contributed by atoms with van der Waals surface area (Å²) < 4.78 is 16.7.